The van der Waals surface area contributed by atoms with E-state index < -0.39 is 16.6 Å². The van der Waals surface area contributed by atoms with Crippen molar-refractivity contribution in [2.45, 2.75) is 6.92 Å². The Balaban J connectivity index is 2.59. The first-order chi connectivity index (χ1) is 8.04. The Morgan fingerprint density at radius 1 is 1.59 bits per heavy atom. The number of rotatable bonds is 6. The Morgan fingerprint density at radius 3 is 2.82 bits per heavy atom. The van der Waals surface area contributed by atoms with Crippen LogP contribution in [0.25, 0.3) is 0 Å². The summed E-state index contributed by atoms with van der Waals surface area (Å²) in [6.45, 7) is 2.42. The van der Waals surface area contributed by atoms with Crippen molar-refractivity contribution < 1.29 is 8.60 Å². The van der Waals surface area contributed by atoms with Crippen molar-refractivity contribution >= 4 is 33.7 Å². The molecule has 0 radical (unpaired) electrons. The van der Waals surface area contributed by atoms with Crippen LogP contribution in [0.3, 0.4) is 0 Å². The average molecular weight is 274 g/mol. The molecule has 0 amide bonds. The number of anilines is 1. The smallest absolute Gasteiger partial charge is 0.135 e. The van der Waals surface area contributed by atoms with Gasteiger partial charge in [-0.15, -0.1) is 0 Å². The summed E-state index contributed by atoms with van der Waals surface area (Å²) in [7, 11) is -0.815. The fraction of sp³-hybridized carbons (Fsp3) is 0.364. The number of hydrogen-bond donors (Lipinski definition) is 2. The molecule has 0 aliphatic rings. The van der Waals surface area contributed by atoms with E-state index in [0.717, 1.165) is 0 Å². The maximum absolute atomic E-state index is 13.5. The molecule has 1 rings (SSSR count). The summed E-state index contributed by atoms with van der Waals surface area (Å²) < 4.78 is 24.7. The van der Waals surface area contributed by atoms with Crippen LogP contribution in [-0.2, 0) is 10.8 Å². The van der Waals surface area contributed by atoms with Gasteiger partial charge in [0.1, 0.15) is 10.8 Å². The largest absolute Gasteiger partial charge is 0.389 e. The van der Waals surface area contributed by atoms with Crippen LogP contribution in [0.5, 0.6) is 0 Å². The molecule has 6 heteroatoms. The zero-order chi connectivity index (χ0) is 12.8. The number of hydrogen-bond acceptors (Lipinski definition) is 3. The third kappa shape index (κ3) is 4.40. The Hall–Kier alpha value is -1.01. The summed E-state index contributed by atoms with van der Waals surface area (Å²) >= 11 is 4.71. The molecule has 0 aliphatic heterocycles. The molecular weight excluding hydrogens is 259 g/mol. The maximum Gasteiger partial charge on any atom is 0.135 e. The van der Waals surface area contributed by atoms with Crippen LogP contribution in [0, 0.1) is 5.82 Å². The van der Waals surface area contributed by atoms with Gasteiger partial charge < -0.3 is 11.1 Å². The fourth-order valence-electron chi connectivity index (χ4n) is 1.28. The SMILES string of the molecule is CCS(=O)CCNc1ccc(C(N)=S)c(F)c1. The summed E-state index contributed by atoms with van der Waals surface area (Å²) in [5.74, 6) is 0.741. The highest BCUT2D eigenvalue weighted by Gasteiger charge is 2.05. The van der Waals surface area contributed by atoms with Gasteiger partial charge in [-0.3, -0.25) is 4.21 Å². The van der Waals surface area contributed by atoms with Gasteiger partial charge in [-0.2, -0.15) is 0 Å². The van der Waals surface area contributed by atoms with Crippen molar-refractivity contribution in [3.8, 4) is 0 Å². The Bertz CT molecular complexity index is 437. The van der Waals surface area contributed by atoms with E-state index in [0.29, 0.717) is 23.7 Å². The molecule has 0 aliphatic carbocycles. The standard InChI is InChI=1S/C11H15FN2OS2/c1-2-17(15)6-5-14-8-3-4-9(11(13)16)10(12)7-8/h3-4,7,14H,2,5-6H2,1H3,(H2,13,16). The molecule has 1 atom stereocenters. The number of thiocarbonyl (C=S) groups is 1. The van der Waals surface area contributed by atoms with Crippen LogP contribution in [0.1, 0.15) is 12.5 Å². The van der Waals surface area contributed by atoms with Gasteiger partial charge >= 0.3 is 0 Å². The normalized spacial score (nSPS) is 12.1. The first kappa shape index (κ1) is 14.1. The molecular formula is C11H15FN2OS2. The minimum Gasteiger partial charge on any atom is -0.389 e. The molecule has 0 saturated carbocycles. The van der Waals surface area contributed by atoms with Crippen molar-refractivity contribution in [1.82, 2.24) is 0 Å². The van der Waals surface area contributed by atoms with E-state index in [9.17, 15) is 8.60 Å². The van der Waals surface area contributed by atoms with Crippen molar-refractivity contribution in [3.05, 3.63) is 29.6 Å². The summed E-state index contributed by atoms with van der Waals surface area (Å²) in [5, 5.41) is 3.00. The predicted octanol–water partition coefficient (Wildman–Crippen LogP) is 1.64. The molecule has 0 saturated heterocycles. The van der Waals surface area contributed by atoms with E-state index in [-0.39, 0.29) is 10.6 Å². The highest BCUT2D eigenvalue weighted by atomic mass is 32.2. The van der Waals surface area contributed by atoms with Gasteiger partial charge in [0.15, 0.2) is 0 Å². The first-order valence-corrected chi connectivity index (χ1v) is 7.12. The lowest BCUT2D eigenvalue weighted by Gasteiger charge is -2.07. The molecule has 0 spiro atoms. The predicted molar refractivity (Wildman–Crippen MR) is 74.3 cm³/mol. The molecule has 0 bridgehead atoms. The minimum absolute atomic E-state index is 0.0427. The minimum atomic E-state index is -0.815. The van der Waals surface area contributed by atoms with Crippen molar-refractivity contribution in [3.63, 3.8) is 0 Å². The second kappa shape index (κ2) is 6.66. The van der Waals surface area contributed by atoms with E-state index >= 15 is 0 Å². The second-order valence-electron chi connectivity index (χ2n) is 3.42. The molecule has 3 nitrogen and oxygen atoms in total. The van der Waals surface area contributed by atoms with Crippen molar-refractivity contribution in [2.75, 3.05) is 23.4 Å². The van der Waals surface area contributed by atoms with Gasteiger partial charge in [0.25, 0.3) is 0 Å². The Kier molecular flexibility index (Phi) is 5.50. The monoisotopic (exact) mass is 274 g/mol. The lowest BCUT2D eigenvalue weighted by Crippen LogP contribution is -2.14. The maximum atomic E-state index is 13.5. The van der Waals surface area contributed by atoms with Gasteiger partial charge in [0.2, 0.25) is 0 Å². The third-order valence-corrected chi connectivity index (χ3v) is 3.74. The summed E-state index contributed by atoms with van der Waals surface area (Å²) in [5.41, 5.74) is 6.23. The molecule has 94 valence electrons. The topological polar surface area (TPSA) is 55.1 Å². The lowest BCUT2D eigenvalue weighted by atomic mass is 10.2. The van der Waals surface area contributed by atoms with Crippen LogP contribution in [-0.4, -0.2) is 27.2 Å². The van der Waals surface area contributed by atoms with Crippen molar-refractivity contribution in [1.29, 1.82) is 0 Å². The number of benzene rings is 1. The van der Waals surface area contributed by atoms with E-state index in [1.54, 1.807) is 6.07 Å². The molecule has 1 aromatic rings. The number of nitrogens with one attached hydrogen (secondary N) is 1. The summed E-state index contributed by atoms with van der Waals surface area (Å²) in [6.07, 6.45) is 0. The second-order valence-corrected chi connectivity index (χ2v) is 5.72. The average Bonchev–Trinajstić information content (AvgIpc) is 2.28. The van der Waals surface area contributed by atoms with Crippen LogP contribution in [0.4, 0.5) is 10.1 Å². The number of halogens is 1. The van der Waals surface area contributed by atoms with E-state index in [1.807, 2.05) is 6.92 Å². The quantitative estimate of drug-likeness (QED) is 0.774. The molecule has 1 aromatic carbocycles. The molecule has 0 heterocycles. The molecule has 0 aromatic heterocycles. The zero-order valence-corrected chi connectivity index (χ0v) is 11.2. The third-order valence-electron chi connectivity index (χ3n) is 2.22. The highest BCUT2D eigenvalue weighted by molar-refractivity contribution is 7.84. The molecule has 0 fully saturated rings. The van der Waals surface area contributed by atoms with Crippen molar-refractivity contribution in [2.24, 2.45) is 5.73 Å². The first-order valence-electron chi connectivity index (χ1n) is 5.22. The van der Waals surface area contributed by atoms with Gasteiger partial charge in [0.05, 0.1) is 0 Å². The lowest BCUT2D eigenvalue weighted by molar-refractivity contribution is 0.626. The van der Waals surface area contributed by atoms with Crippen LogP contribution < -0.4 is 11.1 Å². The van der Waals surface area contributed by atoms with Crippen LogP contribution >= 0.6 is 12.2 Å². The van der Waals surface area contributed by atoms with Gasteiger partial charge in [-0.25, -0.2) is 4.39 Å². The number of nitrogens with two attached hydrogens (primary N) is 1. The van der Waals surface area contributed by atoms with Gasteiger partial charge in [-0.1, -0.05) is 19.1 Å². The molecule has 3 N–H and O–H groups in total. The summed E-state index contributed by atoms with van der Waals surface area (Å²) in [6, 6.07) is 4.58. The van der Waals surface area contributed by atoms with E-state index in [2.05, 4.69) is 5.32 Å². The zero-order valence-electron chi connectivity index (χ0n) is 9.53. The van der Waals surface area contributed by atoms with Gasteiger partial charge in [0, 0.05) is 40.1 Å². The van der Waals surface area contributed by atoms with E-state index in [1.165, 1.54) is 12.1 Å². The fourth-order valence-corrected chi connectivity index (χ4v) is 2.06. The highest BCUT2D eigenvalue weighted by Crippen LogP contribution is 2.14. The summed E-state index contributed by atoms with van der Waals surface area (Å²) in [4.78, 5) is 0.0427. The Morgan fingerprint density at radius 2 is 2.29 bits per heavy atom. The van der Waals surface area contributed by atoms with E-state index in [4.69, 9.17) is 18.0 Å². The Labute approximate surface area is 108 Å². The van der Waals surface area contributed by atoms with Crippen LogP contribution in [0.2, 0.25) is 0 Å². The van der Waals surface area contributed by atoms with Gasteiger partial charge in [-0.05, 0) is 18.2 Å². The van der Waals surface area contributed by atoms with Crippen LogP contribution in [0.15, 0.2) is 18.2 Å². The molecule has 17 heavy (non-hydrogen) atoms. The molecule has 1 unspecified atom stereocenters.